The first-order chi connectivity index (χ1) is 21.0. The van der Waals surface area contributed by atoms with E-state index in [4.69, 9.17) is 4.42 Å². The molecule has 0 radical (unpaired) electrons. The summed E-state index contributed by atoms with van der Waals surface area (Å²) in [5.41, 5.74) is 4.05. The molecule has 1 saturated heterocycles. The van der Waals surface area contributed by atoms with Crippen molar-refractivity contribution in [2.45, 2.75) is 96.4 Å². The lowest BCUT2D eigenvalue weighted by Crippen LogP contribution is -2.37. The number of Topliss-reactive ketones (excluding diaryl/α,β-unsaturated/α-hetero) is 1. The van der Waals surface area contributed by atoms with E-state index in [1.165, 1.54) is 12.8 Å². The molecule has 1 aliphatic heterocycles. The molecule has 228 valence electrons. The van der Waals surface area contributed by atoms with Crippen molar-refractivity contribution < 1.29 is 14.0 Å². The van der Waals surface area contributed by atoms with E-state index < -0.39 is 0 Å². The zero-order chi connectivity index (χ0) is 29.8. The summed E-state index contributed by atoms with van der Waals surface area (Å²) in [6.45, 7) is 7.37. The maximum atomic E-state index is 13.5. The Morgan fingerprint density at radius 2 is 1.74 bits per heavy atom. The number of hydrogen-bond donors (Lipinski definition) is 1. The number of nitrogens with one attached hydrogen (secondary N) is 1. The third kappa shape index (κ3) is 7.06. The number of amides is 1. The number of likely N-dealkylation sites (tertiary alicyclic amines) is 1. The lowest BCUT2D eigenvalue weighted by molar-refractivity contribution is -0.124. The van der Waals surface area contributed by atoms with Gasteiger partial charge < -0.3 is 14.6 Å². The average Bonchev–Trinajstić information content (AvgIpc) is 3.97. The minimum atomic E-state index is -0.281. The summed E-state index contributed by atoms with van der Waals surface area (Å²) in [5.74, 6) is 2.35. The Kier molecular flexibility index (Phi) is 9.03. The second-order valence-electron chi connectivity index (χ2n) is 12.8. The van der Waals surface area contributed by atoms with Crippen molar-refractivity contribution in [1.82, 2.24) is 25.2 Å². The van der Waals surface area contributed by atoms with Crippen molar-refractivity contribution in [2.24, 2.45) is 11.3 Å². The Labute approximate surface area is 255 Å². The van der Waals surface area contributed by atoms with Crippen molar-refractivity contribution >= 4 is 11.7 Å². The van der Waals surface area contributed by atoms with Crippen LogP contribution in [0.1, 0.15) is 108 Å². The minimum absolute atomic E-state index is 0.0830. The van der Waals surface area contributed by atoms with Crippen molar-refractivity contribution in [3.63, 3.8) is 0 Å². The van der Waals surface area contributed by atoms with E-state index in [2.05, 4.69) is 32.1 Å². The Hall–Kier alpha value is -3.39. The lowest BCUT2D eigenvalue weighted by atomic mass is 9.90. The number of piperidine rings is 1. The molecule has 1 spiro atoms. The first-order valence-corrected chi connectivity index (χ1v) is 16.4. The van der Waals surface area contributed by atoms with Crippen molar-refractivity contribution in [1.29, 1.82) is 0 Å². The van der Waals surface area contributed by atoms with Crippen LogP contribution in [0.5, 0.6) is 0 Å². The number of carbonyl (C=O) groups excluding carboxylic acids is 2. The quantitative estimate of drug-likeness (QED) is 0.206. The third-order valence-corrected chi connectivity index (χ3v) is 9.92. The van der Waals surface area contributed by atoms with Crippen LogP contribution in [-0.2, 0) is 9.59 Å². The summed E-state index contributed by atoms with van der Waals surface area (Å²) in [6, 6.07) is 7.82. The predicted octanol–water partition coefficient (Wildman–Crippen LogP) is 6.88. The lowest BCUT2D eigenvalue weighted by Gasteiger charge is -2.32. The fourth-order valence-corrected chi connectivity index (χ4v) is 6.60. The zero-order valence-electron chi connectivity index (χ0n) is 25.7. The van der Waals surface area contributed by atoms with E-state index in [-0.39, 0.29) is 23.3 Å². The molecule has 0 bridgehead atoms. The Balaban J connectivity index is 1.11. The fraction of sp³-hybridized carbons (Fsp3) is 0.571. The number of carbonyl (C=O) groups is 2. The number of oxazole rings is 1. The molecule has 8 heteroatoms. The topological polar surface area (TPSA) is 101 Å². The summed E-state index contributed by atoms with van der Waals surface area (Å²) in [4.78, 5) is 41.6. The van der Waals surface area contributed by atoms with Gasteiger partial charge in [0.2, 0.25) is 11.8 Å². The molecule has 3 aliphatic rings. The zero-order valence-corrected chi connectivity index (χ0v) is 25.7. The molecule has 2 aromatic heterocycles. The molecule has 2 atom stereocenters. The number of hydrogen-bond acceptors (Lipinski definition) is 7. The maximum absolute atomic E-state index is 13.5. The van der Waals surface area contributed by atoms with Gasteiger partial charge in [0, 0.05) is 42.0 Å². The van der Waals surface area contributed by atoms with Gasteiger partial charge in [-0.25, -0.2) is 4.98 Å². The average molecular weight is 584 g/mol. The van der Waals surface area contributed by atoms with Crippen LogP contribution in [0.25, 0.3) is 22.6 Å². The van der Waals surface area contributed by atoms with Crippen LogP contribution in [0, 0.1) is 11.3 Å². The van der Waals surface area contributed by atoms with Crippen LogP contribution in [0.4, 0.5) is 0 Å². The van der Waals surface area contributed by atoms with Crippen LogP contribution in [0.3, 0.4) is 0 Å². The number of ketones is 1. The van der Waals surface area contributed by atoms with Gasteiger partial charge in [0.15, 0.2) is 5.76 Å². The molecule has 3 aromatic rings. The molecule has 43 heavy (non-hydrogen) atoms. The van der Waals surface area contributed by atoms with Gasteiger partial charge in [-0.05, 0) is 70.0 Å². The van der Waals surface area contributed by atoms with E-state index in [0.717, 1.165) is 87.1 Å². The highest BCUT2D eigenvalue weighted by Crippen LogP contribution is 2.59. The smallest absolute Gasteiger partial charge is 0.224 e. The molecule has 2 aliphatic carbocycles. The minimum Gasteiger partial charge on any atom is -0.438 e. The number of rotatable bonds is 14. The van der Waals surface area contributed by atoms with E-state index in [9.17, 15) is 9.59 Å². The summed E-state index contributed by atoms with van der Waals surface area (Å²) in [6.07, 6.45) is 15.8. The molecule has 3 heterocycles. The monoisotopic (exact) mass is 583 g/mol. The third-order valence-electron chi connectivity index (χ3n) is 9.92. The van der Waals surface area contributed by atoms with Gasteiger partial charge in [0.05, 0.1) is 23.8 Å². The van der Waals surface area contributed by atoms with Gasteiger partial charge in [-0.1, -0.05) is 51.0 Å². The number of aromatic nitrogens is 3. The predicted molar refractivity (Wildman–Crippen MR) is 166 cm³/mol. The number of unbranched alkanes of at least 4 members (excludes halogenated alkanes) is 2. The largest absolute Gasteiger partial charge is 0.438 e. The van der Waals surface area contributed by atoms with Gasteiger partial charge in [0.1, 0.15) is 11.8 Å². The van der Waals surface area contributed by atoms with Crippen LogP contribution >= 0.6 is 0 Å². The van der Waals surface area contributed by atoms with E-state index in [0.29, 0.717) is 36.2 Å². The fourth-order valence-electron chi connectivity index (χ4n) is 6.60. The second kappa shape index (κ2) is 13.1. The molecule has 8 nitrogen and oxygen atoms in total. The van der Waals surface area contributed by atoms with Crippen LogP contribution < -0.4 is 5.32 Å². The normalized spacial score (nSPS) is 20.2. The molecular weight excluding hydrogens is 538 g/mol. The van der Waals surface area contributed by atoms with Crippen molar-refractivity contribution in [2.75, 3.05) is 19.6 Å². The van der Waals surface area contributed by atoms with Crippen molar-refractivity contribution in [3.05, 3.63) is 54.4 Å². The molecule has 2 saturated carbocycles. The van der Waals surface area contributed by atoms with Gasteiger partial charge in [-0.3, -0.25) is 19.6 Å². The molecule has 1 amide bonds. The van der Waals surface area contributed by atoms with E-state index in [1.807, 2.05) is 43.6 Å². The van der Waals surface area contributed by atoms with Crippen molar-refractivity contribution in [3.8, 4) is 22.6 Å². The molecule has 1 N–H and O–H groups in total. The second-order valence-corrected chi connectivity index (χ2v) is 12.8. The summed E-state index contributed by atoms with van der Waals surface area (Å²) in [5, 5.41) is 3.32. The van der Waals surface area contributed by atoms with Crippen LogP contribution in [-0.4, -0.2) is 51.2 Å². The number of benzene rings is 1. The first kappa shape index (κ1) is 29.7. The van der Waals surface area contributed by atoms with E-state index >= 15 is 0 Å². The highest BCUT2D eigenvalue weighted by Gasteiger charge is 2.58. The summed E-state index contributed by atoms with van der Waals surface area (Å²) < 4.78 is 6.29. The molecular formula is C35H45N5O3. The van der Waals surface area contributed by atoms with Crippen LogP contribution in [0.2, 0.25) is 0 Å². The first-order valence-electron chi connectivity index (χ1n) is 16.4. The molecule has 1 aromatic carbocycles. The maximum Gasteiger partial charge on any atom is 0.224 e. The molecule has 6 rings (SSSR count). The van der Waals surface area contributed by atoms with Gasteiger partial charge >= 0.3 is 0 Å². The Bertz CT molecular complexity index is 1390. The van der Waals surface area contributed by atoms with Crippen LogP contribution in [0.15, 0.2) is 47.3 Å². The van der Waals surface area contributed by atoms with E-state index in [1.54, 1.807) is 6.20 Å². The van der Waals surface area contributed by atoms with Gasteiger partial charge in [0.25, 0.3) is 0 Å². The Morgan fingerprint density at radius 3 is 2.42 bits per heavy atom. The Morgan fingerprint density at radius 1 is 0.977 bits per heavy atom. The van der Waals surface area contributed by atoms with Gasteiger partial charge in [-0.15, -0.1) is 0 Å². The summed E-state index contributed by atoms with van der Waals surface area (Å²) in [7, 11) is 0. The highest BCUT2D eigenvalue weighted by atomic mass is 16.4. The van der Waals surface area contributed by atoms with Gasteiger partial charge in [-0.2, -0.15) is 0 Å². The number of nitrogens with zero attached hydrogens (tertiary/aromatic N) is 4. The standard InChI is InChI=1S/C35H45N5O3/c1-3-27(41)8-6-5-7-9-29(39-33(42)28-20-35(28)16-18-40(4-2)19-17-35)34-38-23-32(43-34)26-14-12-25(13-15-26)31-22-36-30(21-37-31)24-10-11-24/h12-15,21-24,28-29H,3-11,16-20H2,1-2H3,(H,39,42)/t28-,29?/m1/s1. The highest BCUT2D eigenvalue weighted by molar-refractivity contribution is 5.83. The molecule has 1 unspecified atom stereocenters. The SMILES string of the molecule is CCC(=O)CCCCCC(NC(=O)[C@H]1CC12CCN(CC)CC2)c1ncc(-c2ccc(-c3cnc(C4CC4)cn3)cc2)o1. The summed E-state index contributed by atoms with van der Waals surface area (Å²) >= 11 is 0. The molecule has 3 fully saturated rings.